The van der Waals surface area contributed by atoms with Crippen molar-refractivity contribution in [3.05, 3.63) is 113 Å². The van der Waals surface area contributed by atoms with Crippen LogP contribution in [0.15, 0.2) is 79.1 Å². The lowest BCUT2D eigenvalue weighted by atomic mass is 9.73. The van der Waals surface area contributed by atoms with Crippen LogP contribution < -0.4 is 10.9 Å². The predicted octanol–water partition coefficient (Wildman–Crippen LogP) is 6.63. The Balaban J connectivity index is 1.49. The summed E-state index contributed by atoms with van der Waals surface area (Å²) in [6, 6.07) is 25.2. The Kier molecular flexibility index (Phi) is 5.72. The summed E-state index contributed by atoms with van der Waals surface area (Å²) in [7, 11) is 0. The predicted molar refractivity (Wildman–Crippen MR) is 139 cm³/mol. The highest BCUT2D eigenvalue weighted by atomic mass is 19.1. The Hall–Kier alpha value is -4.03. The van der Waals surface area contributed by atoms with Gasteiger partial charge in [-0.25, -0.2) is 14.8 Å². The first-order chi connectivity index (χ1) is 17.3. The number of hydrogen-bond acceptors (Lipinski definition) is 4. The number of fused-ring (bicyclic) bond motifs is 1. The van der Waals surface area contributed by atoms with Crippen LogP contribution in [-0.4, -0.2) is 15.2 Å². The maximum Gasteiger partial charge on any atom is 0.195 e. The third-order valence-corrected chi connectivity index (χ3v) is 6.88. The van der Waals surface area contributed by atoms with Crippen molar-refractivity contribution in [1.29, 1.82) is 0 Å². The Bertz CT molecular complexity index is 1370. The van der Waals surface area contributed by atoms with Crippen LogP contribution in [-0.2, 0) is 0 Å². The summed E-state index contributed by atoms with van der Waals surface area (Å²) in [6.07, 6.45) is 7.78. The molecule has 0 spiro atoms. The number of aromatic nitrogens is 3. The van der Waals surface area contributed by atoms with E-state index in [0.29, 0.717) is 17.3 Å². The SMILES string of the molecule is FC1NNc2ccc(/C(=C(/c3ccccc3)C3CCC3)c3ccc(/C=C/c4ncn[nH]4)cc3)cc21. The Morgan fingerprint density at radius 3 is 2.40 bits per heavy atom. The molecule has 1 saturated carbocycles. The average Bonchev–Trinajstić information content (AvgIpc) is 3.52. The summed E-state index contributed by atoms with van der Waals surface area (Å²) in [4.78, 5) is 4.14. The second-order valence-electron chi connectivity index (χ2n) is 9.04. The fraction of sp³-hybridized carbons (Fsp3) is 0.172. The molecule has 2 aliphatic rings. The highest BCUT2D eigenvalue weighted by Crippen LogP contribution is 2.46. The summed E-state index contributed by atoms with van der Waals surface area (Å²) in [5.41, 5.74) is 14.0. The molecule has 0 bridgehead atoms. The number of nitrogens with zero attached hydrogens (tertiary/aromatic N) is 2. The summed E-state index contributed by atoms with van der Waals surface area (Å²) in [5.74, 6) is 1.20. The zero-order valence-electron chi connectivity index (χ0n) is 19.2. The van der Waals surface area contributed by atoms with Gasteiger partial charge in [0.25, 0.3) is 0 Å². The van der Waals surface area contributed by atoms with Gasteiger partial charge in [-0.15, -0.1) is 0 Å². The number of H-pyrrole nitrogens is 1. The first-order valence-corrected chi connectivity index (χ1v) is 12.0. The molecule has 0 radical (unpaired) electrons. The molecule has 0 amide bonds. The van der Waals surface area contributed by atoms with Crippen LogP contribution in [0.3, 0.4) is 0 Å². The van der Waals surface area contributed by atoms with E-state index in [-0.39, 0.29) is 0 Å². The Morgan fingerprint density at radius 2 is 1.69 bits per heavy atom. The number of benzene rings is 3. The average molecular weight is 464 g/mol. The molecule has 174 valence electrons. The van der Waals surface area contributed by atoms with Gasteiger partial charge < -0.3 is 5.43 Å². The summed E-state index contributed by atoms with van der Waals surface area (Å²) in [5, 5.41) is 6.73. The minimum atomic E-state index is -1.22. The molecule has 2 heterocycles. The van der Waals surface area contributed by atoms with Crippen molar-refractivity contribution < 1.29 is 4.39 Å². The summed E-state index contributed by atoms with van der Waals surface area (Å²) < 4.78 is 14.6. The molecule has 1 aromatic heterocycles. The molecule has 1 aliphatic carbocycles. The third-order valence-electron chi connectivity index (χ3n) is 6.88. The Labute approximate surface area is 203 Å². The van der Waals surface area contributed by atoms with Gasteiger partial charge in [-0.3, -0.25) is 5.10 Å². The first-order valence-electron chi connectivity index (χ1n) is 12.0. The summed E-state index contributed by atoms with van der Waals surface area (Å²) in [6.45, 7) is 0. The third kappa shape index (κ3) is 4.29. The minimum absolute atomic E-state index is 0.490. The van der Waals surface area contributed by atoms with Gasteiger partial charge in [-0.05, 0) is 70.4 Å². The second-order valence-corrected chi connectivity index (χ2v) is 9.04. The molecule has 4 aromatic rings. The van der Waals surface area contributed by atoms with E-state index in [2.05, 4.69) is 86.7 Å². The number of nitrogens with one attached hydrogen (secondary N) is 3. The van der Waals surface area contributed by atoms with Crippen LogP contribution in [0.2, 0.25) is 0 Å². The smallest absolute Gasteiger partial charge is 0.195 e. The molecule has 6 rings (SSSR count). The van der Waals surface area contributed by atoms with E-state index < -0.39 is 6.30 Å². The van der Waals surface area contributed by atoms with Crippen LogP contribution in [0.5, 0.6) is 0 Å². The molecular formula is C29H26FN5. The first kappa shape index (κ1) is 21.5. The van der Waals surface area contributed by atoms with Gasteiger partial charge in [0, 0.05) is 5.56 Å². The van der Waals surface area contributed by atoms with Crippen molar-refractivity contribution in [3.8, 4) is 0 Å². The quantitative estimate of drug-likeness (QED) is 0.222. The van der Waals surface area contributed by atoms with E-state index in [0.717, 1.165) is 22.4 Å². The van der Waals surface area contributed by atoms with Crippen LogP contribution in [0.4, 0.5) is 10.1 Å². The van der Waals surface area contributed by atoms with Crippen LogP contribution in [0.1, 0.15) is 59.2 Å². The van der Waals surface area contributed by atoms with Crippen molar-refractivity contribution >= 4 is 29.0 Å². The molecule has 1 fully saturated rings. The number of hydrazine groups is 1. The lowest BCUT2D eigenvalue weighted by molar-refractivity contribution is 0.314. The molecular weight excluding hydrogens is 437 g/mol. The van der Waals surface area contributed by atoms with Crippen molar-refractivity contribution in [1.82, 2.24) is 20.6 Å². The zero-order chi connectivity index (χ0) is 23.6. The number of hydrogen-bond donors (Lipinski definition) is 3. The topological polar surface area (TPSA) is 65.6 Å². The van der Waals surface area contributed by atoms with E-state index in [1.54, 1.807) is 0 Å². The lowest BCUT2D eigenvalue weighted by Crippen LogP contribution is -2.15. The van der Waals surface area contributed by atoms with E-state index in [1.807, 2.05) is 24.3 Å². The second kappa shape index (κ2) is 9.31. The number of allylic oxidation sites excluding steroid dienone is 1. The molecule has 5 nitrogen and oxygen atoms in total. The fourth-order valence-electron chi connectivity index (χ4n) is 4.87. The molecule has 0 saturated heterocycles. The van der Waals surface area contributed by atoms with E-state index in [4.69, 9.17) is 0 Å². The normalized spacial score (nSPS) is 18.1. The number of alkyl halides is 1. The van der Waals surface area contributed by atoms with Gasteiger partial charge in [0.1, 0.15) is 12.2 Å². The van der Waals surface area contributed by atoms with Gasteiger partial charge in [0.2, 0.25) is 0 Å². The van der Waals surface area contributed by atoms with Crippen molar-refractivity contribution in [2.45, 2.75) is 25.6 Å². The van der Waals surface area contributed by atoms with Crippen molar-refractivity contribution in [3.63, 3.8) is 0 Å². The number of halogens is 1. The maximum atomic E-state index is 14.6. The number of anilines is 1. The highest BCUT2D eigenvalue weighted by molar-refractivity contribution is 6.00. The maximum absolute atomic E-state index is 14.6. The standard InChI is InChI=1S/C29H26FN5/c30-29-24-17-23(14-15-25(24)33-35-29)28(27(21-7-4-8-21)20-5-2-1-3-6-20)22-12-9-19(10-13-22)11-16-26-31-18-32-34-26/h1-3,5-6,9-18,21,29,33,35H,4,7-8H2,(H,31,32,34)/b16-11+,28-27-. The Morgan fingerprint density at radius 1 is 0.886 bits per heavy atom. The minimum Gasteiger partial charge on any atom is -0.318 e. The lowest BCUT2D eigenvalue weighted by Gasteiger charge is -2.31. The molecule has 1 atom stereocenters. The van der Waals surface area contributed by atoms with Gasteiger partial charge in [-0.1, -0.05) is 73.2 Å². The molecule has 1 unspecified atom stereocenters. The molecule has 3 N–H and O–H groups in total. The van der Waals surface area contributed by atoms with Gasteiger partial charge in [0.15, 0.2) is 6.30 Å². The van der Waals surface area contributed by atoms with Crippen molar-refractivity contribution in [2.24, 2.45) is 5.92 Å². The van der Waals surface area contributed by atoms with E-state index in [1.165, 1.54) is 42.3 Å². The monoisotopic (exact) mass is 463 g/mol. The zero-order valence-corrected chi connectivity index (χ0v) is 19.2. The van der Waals surface area contributed by atoms with Crippen LogP contribution in [0, 0.1) is 5.92 Å². The molecule has 35 heavy (non-hydrogen) atoms. The number of rotatable bonds is 6. The van der Waals surface area contributed by atoms with Crippen LogP contribution in [0.25, 0.3) is 23.3 Å². The van der Waals surface area contributed by atoms with Crippen molar-refractivity contribution in [2.75, 3.05) is 5.43 Å². The number of aromatic amines is 1. The molecule has 3 aromatic carbocycles. The molecule has 1 aliphatic heterocycles. The van der Waals surface area contributed by atoms with E-state index in [9.17, 15) is 4.39 Å². The van der Waals surface area contributed by atoms with Gasteiger partial charge >= 0.3 is 0 Å². The molecule has 6 heteroatoms. The highest BCUT2D eigenvalue weighted by Gasteiger charge is 2.28. The van der Waals surface area contributed by atoms with E-state index >= 15 is 0 Å². The summed E-state index contributed by atoms with van der Waals surface area (Å²) >= 11 is 0. The van der Waals surface area contributed by atoms with Gasteiger partial charge in [-0.2, -0.15) is 5.10 Å². The van der Waals surface area contributed by atoms with Crippen LogP contribution >= 0.6 is 0 Å². The fourth-order valence-corrected chi connectivity index (χ4v) is 4.87. The van der Waals surface area contributed by atoms with Gasteiger partial charge in [0.05, 0.1) is 5.69 Å². The largest absolute Gasteiger partial charge is 0.318 e.